The van der Waals surface area contributed by atoms with E-state index in [0.29, 0.717) is 15.9 Å². The number of hydrogen-bond acceptors (Lipinski definition) is 4. The number of imidazole rings is 1. The summed E-state index contributed by atoms with van der Waals surface area (Å²) in [5, 5.41) is 0. The molecule has 0 saturated heterocycles. The van der Waals surface area contributed by atoms with E-state index in [4.69, 9.17) is 5.73 Å². The van der Waals surface area contributed by atoms with Gasteiger partial charge in [-0.05, 0) is 58.5 Å². The normalized spacial score (nSPS) is 17.4. The molecular weight excluding hydrogens is 426 g/mol. The number of aromatic nitrogens is 4. The topological polar surface area (TPSA) is 89.6 Å². The second-order valence-electron chi connectivity index (χ2n) is 5.63. The van der Waals surface area contributed by atoms with Crippen molar-refractivity contribution in [1.29, 1.82) is 0 Å². The molecule has 3 N–H and O–H groups in total. The van der Waals surface area contributed by atoms with Crippen LogP contribution in [0, 0.1) is 0 Å². The number of aryl methyl sites for hydroxylation is 1. The van der Waals surface area contributed by atoms with Gasteiger partial charge in [-0.3, -0.25) is 14.3 Å². The molecule has 1 atom stereocenters. The predicted molar refractivity (Wildman–Crippen MR) is 95.5 cm³/mol. The number of rotatable bonds is 1. The summed E-state index contributed by atoms with van der Waals surface area (Å²) in [5.74, 6) is 0.1000. The lowest BCUT2D eigenvalue weighted by Gasteiger charge is -2.27. The highest BCUT2D eigenvalue weighted by atomic mass is 79.9. The molecule has 1 aromatic carbocycles. The van der Waals surface area contributed by atoms with Crippen LogP contribution in [-0.2, 0) is 6.42 Å². The van der Waals surface area contributed by atoms with Crippen molar-refractivity contribution in [3.63, 3.8) is 0 Å². The van der Waals surface area contributed by atoms with E-state index < -0.39 is 0 Å². The molecule has 0 amide bonds. The number of aromatic amines is 1. The van der Waals surface area contributed by atoms with Crippen molar-refractivity contribution in [2.24, 2.45) is 0 Å². The number of nitrogens with one attached hydrogen (secondary N) is 1. The highest BCUT2D eigenvalue weighted by molar-refractivity contribution is 9.10. The van der Waals surface area contributed by atoms with Crippen molar-refractivity contribution < 1.29 is 0 Å². The van der Waals surface area contributed by atoms with Crippen LogP contribution in [0.15, 0.2) is 32.2 Å². The fraction of sp³-hybridized carbons (Fsp3) is 0.267. The van der Waals surface area contributed by atoms with Gasteiger partial charge >= 0.3 is 0 Å². The van der Waals surface area contributed by atoms with Gasteiger partial charge in [0.05, 0.1) is 6.04 Å². The Balaban J connectivity index is 1.98. The average Bonchev–Trinajstić information content (AvgIpc) is 2.83. The summed E-state index contributed by atoms with van der Waals surface area (Å²) in [7, 11) is 0. The third-order valence-corrected chi connectivity index (χ3v) is 5.28. The molecule has 0 spiro atoms. The van der Waals surface area contributed by atoms with Crippen LogP contribution in [-0.4, -0.2) is 19.5 Å². The van der Waals surface area contributed by atoms with Gasteiger partial charge in [-0.15, -0.1) is 0 Å². The van der Waals surface area contributed by atoms with Crippen LogP contribution in [0.1, 0.15) is 30.0 Å². The minimum atomic E-state index is -0.321. The Morgan fingerprint density at radius 1 is 1.30 bits per heavy atom. The second kappa shape index (κ2) is 5.45. The molecule has 0 bridgehead atoms. The summed E-state index contributed by atoms with van der Waals surface area (Å²) in [5.41, 5.74) is 8.75. The van der Waals surface area contributed by atoms with E-state index in [1.165, 1.54) is 11.1 Å². The summed E-state index contributed by atoms with van der Waals surface area (Å²) in [6.45, 7) is 0. The zero-order valence-electron chi connectivity index (χ0n) is 12.0. The number of halogens is 2. The Morgan fingerprint density at radius 3 is 2.96 bits per heavy atom. The predicted octanol–water partition coefficient (Wildman–Crippen LogP) is 3.15. The van der Waals surface area contributed by atoms with Crippen LogP contribution >= 0.6 is 31.9 Å². The number of hydrogen-bond donors (Lipinski definition) is 2. The number of H-pyrrole nitrogens is 1. The first-order chi connectivity index (χ1) is 11.0. The van der Waals surface area contributed by atoms with Gasteiger partial charge in [0.25, 0.3) is 5.56 Å². The summed E-state index contributed by atoms with van der Waals surface area (Å²) in [6.07, 6.45) is 3.08. The Morgan fingerprint density at radius 2 is 2.13 bits per heavy atom. The smallest absolute Gasteiger partial charge is 0.280 e. The standard InChI is InChI=1S/C15H13Br2N5O/c16-8-4-5-9-7(6-8)2-1-3-10(9)22-12-11(19-14(22)17)13(23)21-15(18)20-12/h4-6,10H,1-3H2,(H3,18,20,21,23). The van der Waals surface area contributed by atoms with Gasteiger partial charge in [0.1, 0.15) is 0 Å². The third-order valence-electron chi connectivity index (χ3n) is 4.23. The van der Waals surface area contributed by atoms with Crippen LogP contribution in [0.5, 0.6) is 0 Å². The maximum atomic E-state index is 12.1. The minimum Gasteiger partial charge on any atom is -0.369 e. The van der Waals surface area contributed by atoms with E-state index in [-0.39, 0.29) is 17.5 Å². The second-order valence-corrected chi connectivity index (χ2v) is 7.25. The number of nitrogen functional groups attached to an aromatic ring is 1. The molecule has 1 aliphatic rings. The fourth-order valence-corrected chi connectivity index (χ4v) is 4.28. The van der Waals surface area contributed by atoms with Crippen LogP contribution in [0.25, 0.3) is 11.2 Å². The van der Waals surface area contributed by atoms with E-state index in [0.717, 1.165) is 23.7 Å². The molecule has 118 valence electrons. The first-order valence-electron chi connectivity index (χ1n) is 7.26. The van der Waals surface area contributed by atoms with Gasteiger partial charge in [-0.2, -0.15) is 4.98 Å². The van der Waals surface area contributed by atoms with Crippen molar-refractivity contribution >= 4 is 49.0 Å². The first kappa shape index (κ1) is 14.9. The highest BCUT2D eigenvalue weighted by Crippen LogP contribution is 2.37. The van der Waals surface area contributed by atoms with Crippen molar-refractivity contribution in [3.8, 4) is 0 Å². The molecule has 2 heterocycles. The molecule has 2 aromatic heterocycles. The number of nitrogens with zero attached hydrogens (tertiary/aromatic N) is 3. The van der Waals surface area contributed by atoms with Crippen LogP contribution < -0.4 is 11.3 Å². The number of fused-ring (bicyclic) bond motifs is 2. The summed E-state index contributed by atoms with van der Waals surface area (Å²) < 4.78 is 3.63. The fourth-order valence-electron chi connectivity index (χ4n) is 3.28. The molecular formula is C15H13Br2N5O. The van der Waals surface area contributed by atoms with Crippen molar-refractivity contribution in [2.75, 3.05) is 5.73 Å². The lowest BCUT2D eigenvalue weighted by molar-refractivity contribution is 0.490. The van der Waals surface area contributed by atoms with Crippen LogP contribution in [0.3, 0.4) is 0 Å². The lowest BCUT2D eigenvalue weighted by Crippen LogP contribution is -2.19. The molecule has 23 heavy (non-hydrogen) atoms. The molecule has 0 aliphatic heterocycles. The number of benzene rings is 1. The summed E-state index contributed by atoms with van der Waals surface area (Å²) >= 11 is 7.01. The summed E-state index contributed by atoms with van der Waals surface area (Å²) in [6, 6.07) is 6.40. The maximum Gasteiger partial charge on any atom is 0.280 e. The largest absolute Gasteiger partial charge is 0.369 e. The minimum absolute atomic E-state index is 0.0833. The van der Waals surface area contributed by atoms with Gasteiger partial charge < -0.3 is 5.73 Å². The molecule has 6 nitrogen and oxygen atoms in total. The summed E-state index contributed by atoms with van der Waals surface area (Å²) in [4.78, 5) is 23.2. The SMILES string of the molecule is Nc1nc2c(nc(Br)n2C2CCCc3cc(Br)ccc32)c(=O)[nH]1. The van der Waals surface area contributed by atoms with Gasteiger partial charge in [-0.25, -0.2) is 4.98 Å². The quantitative estimate of drug-likeness (QED) is 0.571. The first-order valence-corrected chi connectivity index (χ1v) is 8.85. The molecule has 0 saturated carbocycles. The van der Waals surface area contributed by atoms with Crippen LogP contribution in [0.2, 0.25) is 0 Å². The molecule has 0 radical (unpaired) electrons. The van der Waals surface area contributed by atoms with Gasteiger partial charge in [0.15, 0.2) is 15.9 Å². The van der Waals surface area contributed by atoms with E-state index in [1.54, 1.807) is 0 Å². The zero-order chi connectivity index (χ0) is 16.1. The van der Waals surface area contributed by atoms with Crippen molar-refractivity contribution in [2.45, 2.75) is 25.3 Å². The van der Waals surface area contributed by atoms with E-state index in [1.807, 2.05) is 10.6 Å². The molecule has 3 aromatic rings. The molecule has 0 fully saturated rings. The molecule has 4 rings (SSSR count). The maximum absolute atomic E-state index is 12.1. The third kappa shape index (κ3) is 2.40. The average molecular weight is 439 g/mol. The van der Waals surface area contributed by atoms with Gasteiger partial charge in [0, 0.05) is 4.47 Å². The Labute approximate surface area is 148 Å². The Kier molecular flexibility index (Phi) is 3.53. The van der Waals surface area contributed by atoms with Crippen molar-refractivity contribution in [1.82, 2.24) is 19.5 Å². The van der Waals surface area contributed by atoms with E-state index in [2.05, 4.69) is 58.9 Å². The Hall–Kier alpha value is -1.67. The zero-order valence-corrected chi connectivity index (χ0v) is 15.2. The van der Waals surface area contributed by atoms with Crippen molar-refractivity contribution in [3.05, 3.63) is 48.9 Å². The number of anilines is 1. The van der Waals surface area contributed by atoms with Gasteiger partial charge in [0.2, 0.25) is 5.95 Å². The van der Waals surface area contributed by atoms with Gasteiger partial charge in [-0.1, -0.05) is 22.0 Å². The van der Waals surface area contributed by atoms with E-state index >= 15 is 0 Å². The van der Waals surface area contributed by atoms with E-state index in [9.17, 15) is 4.79 Å². The monoisotopic (exact) mass is 437 g/mol. The molecule has 8 heteroatoms. The number of nitrogens with two attached hydrogens (primary N) is 1. The highest BCUT2D eigenvalue weighted by Gasteiger charge is 2.26. The Bertz CT molecular complexity index is 978. The molecule has 1 unspecified atom stereocenters. The molecule has 1 aliphatic carbocycles. The van der Waals surface area contributed by atoms with Crippen LogP contribution in [0.4, 0.5) is 5.95 Å². The lowest BCUT2D eigenvalue weighted by atomic mass is 9.87.